The number of carbonyl (C=O) groups is 1. The van der Waals surface area contributed by atoms with Crippen LogP contribution in [-0.2, 0) is 14.3 Å². The average molecular weight is 623 g/mol. The number of carbonyl (C=O) groups excluding carboxylic acids is 1. The zero-order valence-electron chi connectivity index (χ0n) is 28.1. The molecule has 0 bridgehead atoms. The van der Waals surface area contributed by atoms with Gasteiger partial charge >= 0.3 is 5.97 Å². The molecule has 2 aliphatic rings. The molecular weight excluding hydrogens is 556 g/mol. The van der Waals surface area contributed by atoms with Gasteiger partial charge in [0.25, 0.3) is 0 Å². The molecule has 256 valence electrons. The Balaban J connectivity index is 1.42. The molecule has 7 atom stereocenters. The van der Waals surface area contributed by atoms with E-state index in [1.165, 1.54) is 51.4 Å². The third kappa shape index (κ3) is 17.4. The van der Waals surface area contributed by atoms with Crippen LogP contribution in [0.3, 0.4) is 0 Å². The van der Waals surface area contributed by atoms with Crippen LogP contribution in [0.15, 0.2) is 23.8 Å². The van der Waals surface area contributed by atoms with Crippen molar-refractivity contribution in [3.05, 3.63) is 23.8 Å². The largest absolute Gasteiger partial charge is 0.455 e. The van der Waals surface area contributed by atoms with E-state index in [0.717, 1.165) is 64.2 Å². The molecular formula is C37H66O7. The molecule has 7 heteroatoms. The van der Waals surface area contributed by atoms with Crippen LogP contribution in [0.25, 0.3) is 0 Å². The molecule has 2 heterocycles. The van der Waals surface area contributed by atoms with Gasteiger partial charge in [-0.1, -0.05) is 96.1 Å². The maximum absolute atomic E-state index is 11.7. The Hall–Kier alpha value is -1.25. The predicted molar refractivity (Wildman–Crippen MR) is 177 cm³/mol. The zero-order chi connectivity index (χ0) is 32.0. The van der Waals surface area contributed by atoms with Gasteiger partial charge in [0, 0.05) is 12.0 Å². The minimum Gasteiger partial charge on any atom is -0.455 e. The fourth-order valence-electron chi connectivity index (χ4n) is 6.46. The van der Waals surface area contributed by atoms with Crippen LogP contribution in [-0.4, -0.2) is 69.1 Å². The van der Waals surface area contributed by atoms with Crippen LogP contribution in [0.5, 0.6) is 0 Å². The highest BCUT2D eigenvalue weighted by atomic mass is 16.5. The van der Waals surface area contributed by atoms with Gasteiger partial charge in [0.15, 0.2) is 0 Å². The Morgan fingerprint density at radius 2 is 1.41 bits per heavy atom. The number of esters is 1. The number of allylic oxidation sites excluding steroid dienone is 2. The third-order valence-electron chi connectivity index (χ3n) is 9.30. The van der Waals surface area contributed by atoms with Crippen LogP contribution < -0.4 is 0 Å². The van der Waals surface area contributed by atoms with Gasteiger partial charge < -0.3 is 29.9 Å². The van der Waals surface area contributed by atoms with E-state index in [2.05, 4.69) is 19.1 Å². The summed E-state index contributed by atoms with van der Waals surface area (Å²) in [6.45, 7) is 4.08. The molecule has 1 saturated heterocycles. The summed E-state index contributed by atoms with van der Waals surface area (Å²) in [5.41, 5.74) is 0.599. The van der Waals surface area contributed by atoms with Gasteiger partial charge in [0.2, 0.25) is 0 Å². The molecule has 1 fully saturated rings. The molecule has 2 aliphatic heterocycles. The monoisotopic (exact) mass is 622 g/mol. The highest BCUT2D eigenvalue weighted by Crippen LogP contribution is 2.28. The van der Waals surface area contributed by atoms with Crippen LogP contribution in [0.1, 0.15) is 162 Å². The van der Waals surface area contributed by atoms with Crippen molar-refractivity contribution in [2.45, 2.75) is 204 Å². The molecule has 44 heavy (non-hydrogen) atoms. The van der Waals surface area contributed by atoms with Crippen LogP contribution in [0.4, 0.5) is 0 Å². The highest BCUT2D eigenvalue weighted by molar-refractivity contribution is 5.90. The van der Waals surface area contributed by atoms with Gasteiger partial charge in [-0.2, -0.15) is 0 Å². The third-order valence-corrected chi connectivity index (χ3v) is 9.30. The van der Waals surface area contributed by atoms with Crippen molar-refractivity contribution in [3.63, 3.8) is 0 Å². The first-order valence-corrected chi connectivity index (χ1v) is 18.2. The molecule has 0 spiro atoms. The number of cyclic esters (lactones) is 1. The second kappa shape index (κ2) is 24.0. The summed E-state index contributed by atoms with van der Waals surface area (Å²) >= 11 is 0. The highest BCUT2D eigenvalue weighted by Gasteiger charge is 2.31. The molecule has 0 aromatic rings. The minimum absolute atomic E-state index is 0.180. The molecule has 0 radical (unpaired) electrons. The lowest BCUT2D eigenvalue weighted by molar-refractivity contribution is -0.139. The van der Waals surface area contributed by atoms with Crippen molar-refractivity contribution in [3.8, 4) is 0 Å². The summed E-state index contributed by atoms with van der Waals surface area (Å²) in [5, 5.41) is 41.6. The van der Waals surface area contributed by atoms with Crippen molar-refractivity contribution in [2.24, 2.45) is 0 Å². The molecule has 0 aromatic carbocycles. The number of rotatable bonds is 27. The standard InChI is InChI=1S/C37H66O7/c1-3-4-5-6-7-8-9-10-11-12-16-19-22-33(39)34(40)24-25-35(41)36-26-23-32(44-36)21-18-15-13-14-17-20-31(38)28-30-27-29(2)43-37(30)42/h12,16,27,29,31-36,38-41H,3-11,13-15,17-26,28H2,1-2H3/b16-12+. The molecule has 0 aromatic heterocycles. The first-order valence-electron chi connectivity index (χ1n) is 18.2. The van der Waals surface area contributed by atoms with E-state index in [-0.39, 0.29) is 24.3 Å². The number of hydrogen-bond acceptors (Lipinski definition) is 7. The lowest BCUT2D eigenvalue weighted by Crippen LogP contribution is -2.31. The molecule has 4 N–H and O–H groups in total. The first kappa shape index (κ1) is 38.9. The maximum Gasteiger partial charge on any atom is 0.334 e. The van der Waals surface area contributed by atoms with Crippen molar-refractivity contribution in [1.82, 2.24) is 0 Å². The zero-order valence-corrected chi connectivity index (χ0v) is 28.1. The SMILES string of the molecule is CCCCCCCCCC/C=C/CCC(O)C(O)CCC(O)C1CCC(CCCCCCCC(O)CC2=CC(C)OC2=O)O1. The number of aliphatic hydroxyl groups is 4. The maximum atomic E-state index is 11.7. The Morgan fingerprint density at radius 1 is 0.773 bits per heavy atom. The van der Waals surface area contributed by atoms with Gasteiger partial charge in [0.1, 0.15) is 6.10 Å². The van der Waals surface area contributed by atoms with Crippen molar-refractivity contribution in [1.29, 1.82) is 0 Å². The Bertz CT molecular complexity index is 797. The average Bonchev–Trinajstić information content (AvgIpc) is 3.60. The molecule has 0 saturated carbocycles. The van der Waals surface area contributed by atoms with E-state index in [1.54, 1.807) is 6.08 Å². The molecule has 7 nitrogen and oxygen atoms in total. The second-order valence-electron chi connectivity index (χ2n) is 13.5. The van der Waals surface area contributed by atoms with E-state index in [4.69, 9.17) is 9.47 Å². The summed E-state index contributed by atoms with van der Waals surface area (Å²) in [4.78, 5) is 11.7. The van der Waals surface area contributed by atoms with E-state index >= 15 is 0 Å². The van der Waals surface area contributed by atoms with E-state index in [9.17, 15) is 25.2 Å². The van der Waals surface area contributed by atoms with Gasteiger partial charge in [-0.25, -0.2) is 4.79 Å². The van der Waals surface area contributed by atoms with E-state index in [0.29, 0.717) is 37.7 Å². The summed E-state index contributed by atoms with van der Waals surface area (Å²) in [5.74, 6) is -0.296. The lowest BCUT2D eigenvalue weighted by Gasteiger charge is -2.22. The predicted octanol–water partition coefficient (Wildman–Crippen LogP) is 7.62. The minimum atomic E-state index is -0.816. The van der Waals surface area contributed by atoms with Gasteiger partial charge in [-0.15, -0.1) is 0 Å². The van der Waals surface area contributed by atoms with Gasteiger partial charge in [0.05, 0.1) is 36.6 Å². The van der Waals surface area contributed by atoms with Crippen LogP contribution in [0.2, 0.25) is 0 Å². The second-order valence-corrected chi connectivity index (χ2v) is 13.5. The van der Waals surface area contributed by atoms with Gasteiger partial charge in [-0.3, -0.25) is 0 Å². The smallest absolute Gasteiger partial charge is 0.334 e. The fourth-order valence-corrected chi connectivity index (χ4v) is 6.46. The molecule has 2 rings (SSSR count). The van der Waals surface area contributed by atoms with E-state index in [1.807, 2.05) is 6.92 Å². The Morgan fingerprint density at radius 3 is 2.11 bits per heavy atom. The fraction of sp³-hybridized carbons (Fsp3) is 0.865. The summed E-state index contributed by atoms with van der Waals surface area (Å²) in [7, 11) is 0. The number of aliphatic hydroxyl groups excluding tert-OH is 4. The first-order chi connectivity index (χ1) is 21.3. The van der Waals surface area contributed by atoms with Crippen LogP contribution >= 0.6 is 0 Å². The normalized spacial score (nSPS) is 23.2. The number of ether oxygens (including phenoxy) is 2. The lowest BCUT2D eigenvalue weighted by atomic mass is 9.98. The van der Waals surface area contributed by atoms with Crippen molar-refractivity contribution < 1.29 is 34.7 Å². The summed E-state index contributed by atoms with van der Waals surface area (Å²) < 4.78 is 11.2. The topological polar surface area (TPSA) is 116 Å². The molecule has 0 aliphatic carbocycles. The quantitative estimate of drug-likeness (QED) is 0.0423. The Kier molecular flexibility index (Phi) is 21.2. The Labute approximate surface area is 268 Å². The van der Waals surface area contributed by atoms with Crippen molar-refractivity contribution >= 4 is 5.97 Å². The van der Waals surface area contributed by atoms with Crippen molar-refractivity contribution in [2.75, 3.05) is 0 Å². The molecule has 0 amide bonds. The van der Waals surface area contributed by atoms with Crippen LogP contribution in [0, 0.1) is 0 Å². The summed E-state index contributed by atoms with van der Waals surface area (Å²) in [6.07, 6.45) is 26.3. The number of unbranched alkanes of at least 4 members (excludes halogenated alkanes) is 12. The van der Waals surface area contributed by atoms with Gasteiger partial charge in [-0.05, 0) is 77.2 Å². The molecule has 7 unspecified atom stereocenters. The summed E-state index contributed by atoms with van der Waals surface area (Å²) in [6, 6.07) is 0. The number of hydrogen-bond donors (Lipinski definition) is 4. The van der Waals surface area contributed by atoms with E-state index < -0.39 is 24.4 Å².